The molecule has 2 N–H and O–H groups in total. The fraction of sp³-hybridized carbons (Fsp3) is 1.00. The summed E-state index contributed by atoms with van der Waals surface area (Å²) < 4.78 is 0. The summed E-state index contributed by atoms with van der Waals surface area (Å²) in [5, 5.41) is 12.8. The van der Waals surface area contributed by atoms with Gasteiger partial charge in [0.2, 0.25) is 0 Å². The van der Waals surface area contributed by atoms with Crippen LogP contribution < -0.4 is 5.32 Å². The van der Waals surface area contributed by atoms with Crippen LogP contribution in [0.3, 0.4) is 0 Å². The standard InChI is InChI=1S/C10H22N2O/c1-3-10(13)8-12-6-4-5-9(7-12)11-2/h9-11,13H,3-8H2,1-2H3. The van der Waals surface area contributed by atoms with Gasteiger partial charge in [-0.3, -0.25) is 4.90 Å². The Morgan fingerprint density at radius 1 is 1.62 bits per heavy atom. The average molecular weight is 186 g/mol. The molecule has 0 radical (unpaired) electrons. The maximum atomic E-state index is 9.51. The van der Waals surface area contributed by atoms with Gasteiger partial charge in [0.05, 0.1) is 6.10 Å². The number of aliphatic hydroxyl groups excluding tert-OH is 1. The highest BCUT2D eigenvalue weighted by molar-refractivity contribution is 4.77. The van der Waals surface area contributed by atoms with Gasteiger partial charge in [0.1, 0.15) is 0 Å². The van der Waals surface area contributed by atoms with Crippen molar-refractivity contribution in [1.82, 2.24) is 10.2 Å². The maximum absolute atomic E-state index is 9.51. The highest BCUT2D eigenvalue weighted by Gasteiger charge is 2.19. The van der Waals surface area contributed by atoms with Gasteiger partial charge in [0, 0.05) is 19.1 Å². The molecule has 13 heavy (non-hydrogen) atoms. The van der Waals surface area contributed by atoms with Gasteiger partial charge < -0.3 is 10.4 Å². The van der Waals surface area contributed by atoms with E-state index in [0.717, 1.165) is 26.1 Å². The van der Waals surface area contributed by atoms with Crippen LogP contribution in [0.25, 0.3) is 0 Å². The lowest BCUT2D eigenvalue weighted by Gasteiger charge is -2.33. The third kappa shape index (κ3) is 3.63. The van der Waals surface area contributed by atoms with Crippen molar-refractivity contribution in [2.24, 2.45) is 0 Å². The lowest BCUT2D eigenvalue weighted by atomic mass is 10.1. The highest BCUT2D eigenvalue weighted by Crippen LogP contribution is 2.10. The van der Waals surface area contributed by atoms with Crippen molar-refractivity contribution < 1.29 is 5.11 Å². The minimum absolute atomic E-state index is 0.143. The Hall–Kier alpha value is -0.120. The lowest BCUT2D eigenvalue weighted by molar-refractivity contribution is 0.0898. The molecule has 1 aliphatic rings. The van der Waals surface area contributed by atoms with Crippen LogP contribution in [0.5, 0.6) is 0 Å². The number of hydrogen-bond acceptors (Lipinski definition) is 3. The zero-order valence-electron chi connectivity index (χ0n) is 8.79. The number of aliphatic hydroxyl groups is 1. The number of piperidine rings is 1. The van der Waals surface area contributed by atoms with Crippen molar-refractivity contribution in [3.8, 4) is 0 Å². The number of likely N-dealkylation sites (N-methyl/N-ethyl adjacent to an activating group) is 1. The molecule has 0 spiro atoms. The average Bonchev–Trinajstić information content (AvgIpc) is 2.18. The summed E-state index contributed by atoms with van der Waals surface area (Å²) in [7, 11) is 2.02. The van der Waals surface area contributed by atoms with Crippen LogP contribution in [0.4, 0.5) is 0 Å². The summed E-state index contributed by atoms with van der Waals surface area (Å²) in [6.07, 6.45) is 3.24. The largest absolute Gasteiger partial charge is 0.392 e. The van der Waals surface area contributed by atoms with Crippen LogP contribution in [0, 0.1) is 0 Å². The van der Waals surface area contributed by atoms with Crippen LogP contribution >= 0.6 is 0 Å². The van der Waals surface area contributed by atoms with Gasteiger partial charge in [-0.25, -0.2) is 0 Å². The van der Waals surface area contributed by atoms with Crippen molar-refractivity contribution in [3.05, 3.63) is 0 Å². The Kier molecular flexibility index (Phi) is 4.70. The smallest absolute Gasteiger partial charge is 0.0664 e. The second-order valence-corrected chi connectivity index (χ2v) is 3.95. The fourth-order valence-electron chi connectivity index (χ4n) is 1.88. The van der Waals surface area contributed by atoms with Gasteiger partial charge in [-0.1, -0.05) is 6.92 Å². The third-order valence-electron chi connectivity index (χ3n) is 2.85. The Labute approximate surface area is 81.1 Å². The molecule has 2 atom stereocenters. The molecule has 0 amide bonds. The molecule has 1 rings (SSSR count). The van der Waals surface area contributed by atoms with E-state index in [1.807, 2.05) is 14.0 Å². The maximum Gasteiger partial charge on any atom is 0.0664 e. The van der Waals surface area contributed by atoms with Crippen molar-refractivity contribution >= 4 is 0 Å². The zero-order chi connectivity index (χ0) is 9.68. The van der Waals surface area contributed by atoms with Crippen molar-refractivity contribution in [1.29, 1.82) is 0 Å². The Morgan fingerprint density at radius 3 is 3.00 bits per heavy atom. The first-order chi connectivity index (χ1) is 6.26. The zero-order valence-corrected chi connectivity index (χ0v) is 8.79. The Balaban J connectivity index is 2.25. The lowest BCUT2D eigenvalue weighted by Crippen LogP contribution is -2.46. The van der Waals surface area contributed by atoms with E-state index in [-0.39, 0.29) is 6.10 Å². The van der Waals surface area contributed by atoms with E-state index in [2.05, 4.69) is 10.2 Å². The number of hydrogen-bond donors (Lipinski definition) is 2. The summed E-state index contributed by atoms with van der Waals surface area (Å²) in [6.45, 7) is 5.11. The molecule has 0 aromatic carbocycles. The predicted octanol–water partition coefficient (Wildman–Crippen LogP) is 0.441. The first-order valence-corrected chi connectivity index (χ1v) is 5.34. The predicted molar refractivity (Wildman–Crippen MR) is 54.8 cm³/mol. The normalized spacial score (nSPS) is 27.5. The molecule has 0 bridgehead atoms. The second-order valence-electron chi connectivity index (χ2n) is 3.95. The SMILES string of the molecule is CCC(O)CN1CCCC(NC)C1. The van der Waals surface area contributed by atoms with Gasteiger partial charge in [-0.2, -0.15) is 0 Å². The van der Waals surface area contributed by atoms with E-state index in [4.69, 9.17) is 0 Å². The van der Waals surface area contributed by atoms with Crippen LogP contribution in [0.2, 0.25) is 0 Å². The molecule has 1 heterocycles. The summed E-state index contributed by atoms with van der Waals surface area (Å²) in [5.41, 5.74) is 0. The molecule has 2 unspecified atom stereocenters. The number of nitrogens with one attached hydrogen (secondary N) is 1. The molecule has 78 valence electrons. The van der Waals surface area contributed by atoms with Gasteiger partial charge in [0.15, 0.2) is 0 Å². The van der Waals surface area contributed by atoms with E-state index in [1.165, 1.54) is 12.8 Å². The van der Waals surface area contributed by atoms with Gasteiger partial charge in [0.25, 0.3) is 0 Å². The summed E-state index contributed by atoms with van der Waals surface area (Å²) in [5.74, 6) is 0. The molecule has 0 aromatic heterocycles. The Bertz CT molecular complexity index is 139. The number of rotatable bonds is 4. The minimum atomic E-state index is -0.143. The summed E-state index contributed by atoms with van der Waals surface area (Å²) in [6, 6.07) is 0.623. The molecule has 1 aliphatic heterocycles. The third-order valence-corrected chi connectivity index (χ3v) is 2.85. The molecular weight excluding hydrogens is 164 g/mol. The monoisotopic (exact) mass is 186 g/mol. The van der Waals surface area contributed by atoms with Crippen LogP contribution in [-0.2, 0) is 0 Å². The van der Waals surface area contributed by atoms with Crippen LogP contribution in [0.15, 0.2) is 0 Å². The number of β-amino-alcohol motifs (C(OH)–C–C–N with tert-alkyl or cyclic N) is 1. The molecule has 0 aromatic rings. The van der Waals surface area contributed by atoms with Crippen molar-refractivity contribution in [2.45, 2.75) is 38.3 Å². The van der Waals surface area contributed by atoms with E-state index in [0.29, 0.717) is 6.04 Å². The van der Waals surface area contributed by atoms with E-state index >= 15 is 0 Å². The molecule has 1 saturated heterocycles. The molecule has 0 aliphatic carbocycles. The summed E-state index contributed by atoms with van der Waals surface area (Å²) >= 11 is 0. The van der Waals surface area contributed by atoms with Crippen molar-refractivity contribution in [2.75, 3.05) is 26.7 Å². The topological polar surface area (TPSA) is 35.5 Å². The first kappa shape index (κ1) is 11.0. The van der Waals surface area contributed by atoms with Crippen LogP contribution in [-0.4, -0.2) is 48.8 Å². The van der Waals surface area contributed by atoms with Gasteiger partial charge in [-0.15, -0.1) is 0 Å². The molecule has 0 saturated carbocycles. The van der Waals surface area contributed by atoms with Crippen LogP contribution in [0.1, 0.15) is 26.2 Å². The minimum Gasteiger partial charge on any atom is -0.392 e. The van der Waals surface area contributed by atoms with Crippen molar-refractivity contribution in [3.63, 3.8) is 0 Å². The van der Waals surface area contributed by atoms with Gasteiger partial charge in [-0.05, 0) is 32.9 Å². The summed E-state index contributed by atoms with van der Waals surface area (Å²) in [4.78, 5) is 2.36. The van der Waals surface area contributed by atoms with Gasteiger partial charge >= 0.3 is 0 Å². The quantitative estimate of drug-likeness (QED) is 0.669. The van der Waals surface area contributed by atoms with E-state index in [9.17, 15) is 5.11 Å². The molecule has 3 nitrogen and oxygen atoms in total. The second kappa shape index (κ2) is 5.58. The number of nitrogens with zero attached hydrogens (tertiary/aromatic N) is 1. The molecular formula is C10H22N2O. The van der Waals surface area contributed by atoms with E-state index < -0.39 is 0 Å². The first-order valence-electron chi connectivity index (χ1n) is 5.34. The number of likely N-dealkylation sites (tertiary alicyclic amines) is 1. The highest BCUT2D eigenvalue weighted by atomic mass is 16.3. The molecule has 3 heteroatoms. The Morgan fingerprint density at radius 2 is 2.38 bits per heavy atom. The van der Waals surface area contributed by atoms with E-state index in [1.54, 1.807) is 0 Å². The molecule has 1 fully saturated rings. The fourth-order valence-corrected chi connectivity index (χ4v) is 1.88.